The van der Waals surface area contributed by atoms with E-state index in [0.29, 0.717) is 0 Å². The number of hydrogen-bond donors (Lipinski definition) is 1. The Hall–Kier alpha value is -1.06. The van der Waals surface area contributed by atoms with E-state index in [1.807, 2.05) is 18.2 Å². The van der Waals surface area contributed by atoms with E-state index in [9.17, 15) is 0 Å². The van der Waals surface area contributed by atoms with Gasteiger partial charge in [-0.3, -0.25) is 0 Å². The number of aromatic nitrogens is 1. The van der Waals surface area contributed by atoms with E-state index in [1.54, 1.807) is 11.3 Å². The smallest absolute Gasteiger partial charge is 0.125 e. The summed E-state index contributed by atoms with van der Waals surface area (Å²) in [5.74, 6) is 0.766. The molecule has 1 unspecified atom stereocenters. The number of nitrogens with two attached hydrogens (primary N) is 1. The lowest BCUT2D eigenvalue weighted by atomic mass is 9.93. The van der Waals surface area contributed by atoms with Crippen LogP contribution in [0.3, 0.4) is 0 Å². The zero-order chi connectivity index (χ0) is 12.7. The van der Waals surface area contributed by atoms with Gasteiger partial charge in [0.2, 0.25) is 0 Å². The second-order valence-corrected chi connectivity index (χ2v) is 6.47. The maximum absolute atomic E-state index is 6.23. The van der Waals surface area contributed by atoms with Gasteiger partial charge in [0.1, 0.15) is 5.01 Å². The Kier molecular flexibility index (Phi) is 3.04. The van der Waals surface area contributed by atoms with Gasteiger partial charge in [0.15, 0.2) is 0 Å². The number of thiazole rings is 1. The van der Waals surface area contributed by atoms with Crippen molar-refractivity contribution in [2.45, 2.75) is 26.2 Å². The number of fused-ring (bicyclic) bond motifs is 1. The van der Waals surface area contributed by atoms with Crippen molar-refractivity contribution in [3.8, 4) is 10.6 Å². The first kappa shape index (κ1) is 12.0. The number of aryl methyl sites for hydroxylation is 1. The van der Waals surface area contributed by atoms with Crippen LogP contribution < -0.4 is 5.73 Å². The minimum Gasteiger partial charge on any atom is -0.399 e. The van der Waals surface area contributed by atoms with Crippen LogP contribution in [-0.2, 0) is 12.8 Å². The number of nitrogens with zero attached hydrogens (tertiary/aromatic N) is 1. The van der Waals surface area contributed by atoms with Crippen LogP contribution in [0.2, 0.25) is 5.02 Å². The number of hydrogen-bond acceptors (Lipinski definition) is 3. The molecule has 0 aliphatic heterocycles. The summed E-state index contributed by atoms with van der Waals surface area (Å²) in [5, 5.41) is 1.73. The summed E-state index contributed by atoms with van der Waals surface area (Å²) < 4.78 is 0. The van der Waals surface area contributed by atoms with Crippen LogP contribution in [0.4, 0.5) is 5.69 Å². The van der Waals surface area contributed by atoms with Crippen LogP contribution in [0.15, 0.2) is 18.2 Å². The van der Waals surface area contributed by atoms with E-state index in [-0.39, 0.29) is 0 Å². The third kappa shape index (κ3) is 2.13. The fraction of sp³-hybridized carbons (Fsp3) is 0.357. The average Bonchev–Trinajstić information content (AvgIpc) is 2.74. The Bertz CT molecular complexity index is 591. The lowest BCUT2D eigenvalue weighted by molar-refractivity contribution is 0.502. The summed E-state index contributed by atoms with van der Waals surface area (Å²) >= 11 is 8.00. The third-order valence-corrected chi connectivity index (χ3v) is 4.89. The molecule has 2 nitrogen and oxygen atoms in total. The Morgan fingerprint density at radius 3 is 3.11 bits per heavy atom. The summed E-state index contributed by atoms with van der Waals surface area (Å²) in [7, 11) is 0. The third-order valence-electron chi connectivity index (χ3n) is 3.41. The Morgan fingerprint density at radius 2 is 2.28 bits per heavy atom. The van der Waals surface area contributed by atoms with Crippen LogP contribution in [0.1, 0.15) is 23.9 Å². The van der Waals surface area contributed by atoms with Gasteiger partial charge >= 0.3 is 0 Å². The molecule has 0 radical (unpaired) electrons. The average molecular weight is 279 g/mol. The lowest BCUT2D eigenvalue weighted by Gasteiger charge is -2.15. The predicted molar refractivity (Wildman–Crippen MR) is 78.2 cm³/mol. The first-order valence-electron chi connectivity index (χ1n) is 6.17. The number of nitrogen functional groups attached to an aromatic ring is 1. The molecule has 1 aliphatic rings. The van der Waals surface area contributed by atoms with Gasteiger partial charge in [-0.2, -0.15) is 0 Å². The normalized spacial score (nSPS) is 18.7. The maximum atomic E-state index is 6.23. The van der Waals surface area contributed by atoms with Crippen molar-refractivity contribution in [3.05, 3.63) is 33.8 Å². The van der Waals surface area contributed by atoms with E-state index in [4.69, 9.17) is 22.3 Å². The molecule has 0 bridgehead atoms. The molecular weight excluding hydrogens is 264 g/mol. The summed E-state index contributed by atoms with van der Waals surface area (Å²) in [5.41, 5.74) is 8.78. The summed E-state index contributed by atoms with van der Waals surface area (Å²) in [4.78, 5) is 6.15. The van der Waals surface area contributed by atoms with Gasteiger partial charge < -0.3 is 5.73 Å². The van der Waals surface area contributed by atoms with E-state index >= 15 is 0 Å². The molecule has 2 aromatic rings. The molecule has 0 spiro atoms. The zero-order valence-corrected chi connectivity index (χ0v) is 11.8. The monoisotopic (exact) mass is 278 g/mol. The molecule has 3 rings (SSSR count). The summed E-state index contributed by atoms with van der Waals surface area (Å²) in [6.45, 7) is 2.30. The number of halogens is 1. The fourth-order valence-electron chi connectivity index (χ4n) is 2.36. The van der Waals surface area contributed by atoms with Gasteiger partial charge in [0.05, 0.1) is 10.7 Å². The van der Waals surface area contributed by atoms with Crippen LogP contribution in [0, 0.1) is 5.92 Å². The molecule has 1 aromatic carbocycles. The SMILES string of the molecule is CC1CCc2nc(-c3cc(N)ccc3Cl)sc2C1. The van der Waals surface area contributed by atoms with Gasteiger partial charge in [-0.15, -0.1) is 11.3 Å². The molecule has 1 aliphatic carbocycles. The van der Waals surface area contributed by atoms with E-state index in [2.05, 4.69) is 6.92 Å². The highest BCUT2D eigenvalue weighted by atomic mass is 35.5. The molecule has 2 N–H and O–H groups in total. The standard InChI is InChI=1S/C14H15ClN2S/c1-8-2-5-12-13(6-8)18-14(17-12)10-7-9(16)3-4-11(10)15/h3-4,7-8H,2,5-6,16H2,1H3. The zero-order valence-electron chi connectivity index (χ0n) is 10.2. The molecule has 94 valence electrons. The van der Waals surface area contributed by atoms with Crippen molar-refractivity contribution in [1.29, 1.82) is 0 Å². The number of benzene rings is 1. The van der Waals surface area contributed by atoms with Crippen molar-refractivity contribution >= 4 is 28.6 Å². The van der Waals surface area contributed by atoms with Gasteiger partial charge in [-0.05, 0) is 43.4 Å². The van der Waals surface area contributed by atoms with Gasteiger partial charge in [0.25, 0.3) is 0 Å². The molecule has 0 saturated heterocycles. The van der Waals surface area contributed by atoms with Crippen molar-refractivity contribution < 1.29 is 0 Å². The second kappa shape index (κ2) is 4.56. The lowest BCUT2D eigenvalue weighted by Crippen LogP contribution is -2.09. The second-order valence-electron chi connectivity index (χ2n) is 4.98. The highest BCUT2D eigenvalue weighted by molar-refractivity contribution is 7.15. The molecular formula is C14H15ClN2S. The minimum absolute atomic E-state index is 0.725. The largest absolute Gasteiger partial charge is 0.399 e. The number of rotatable bonds is 1. The molecule has 0 saturated carbocycles. The molecule has 1 aromatic heterocycles. The Labute approximate surface area is 116 Å². The first-order chi connectivity index (χ1) is 8.63. The highest BCUT2D eigenvalue weighted by Gasteiger charge is 2.21. The molecule has 1 atom stereocenters. The summed E-state index contributed by atoms with van der Waals surface area (Å²) in [6, 6.07) is 5.58. The van der Waals surface area contributed by atoms with E-state index < -0.39 is 0 Å². The maximum Gasteiger partial charge on any atom is 0.125 e. The molecule has 1 heterocycles. The topological polar surface area (TPSA) is 38.9 Å². The molecule has 0 amide bonds. The predicted octanol–water partition coefficient (Wildman–Crippen LogP) is 4.17. The van der Waals surface area contributed by atoms with Crippen molar-refractivity contribution in [1.82, 2.24) is 4.98 Å². The van der Waals surface area contributed by atoms with Crippen LogP contribution >= 0.6 is 22.9 Å². The van der Waals surface area contributed by atoms with Gasteiger partial charge in [-0.1, -0.05) is 18.5 Å². The van der Waals surface area contributed by atoms with Crippen molar-refractivity contribution in [3.63, 3.8) is 0 Å². The minimum atomic E-state index is 0.725. The van der Waals surface area contributed by atoms with Crippen molar-refractivity contribution in [2.75, 3.05) is 5.73 Å². The highest BCUT2D eigenvalue weighted by Crippen LogP contribution is 2.37. The fourth-order valence-corrected chi connectivity index (χ4v) is 3.93. The Morgan fingerprint density at radius 1 is 1.44 bits per heavy atom. The Balaban J connectivity index is 2.05. The van der Waals surface area contributed by atoms with Gasteiger partial charge in [-0.25, -0.2) is 4.98 Å². The molecule has 18 heavy (non-hydrogen) atoms. The van der Waals surface area contributed by atoms with Crippen molar-refractivity contribution in [2.24, 2.45) is 5.92 Å². The number of anilines is 1. The summed E-state index contributed by atoms with van der Waals surface area (Å²) in [6.07, 6.45) is 3.47. The van der Waals surface area contributed by atoms with E-state index in [1.165, 1.54) is 17.0 Å². The van der Waals surface area contributed by atoms with Crippen LogP contribution in [-0.4, -0.2) is 4.98 Å². The van der Waals surface area contributed by atoms with Gasteiger partial charge in [0, 0.05) is 16.1 Å². The first-order valence-corrected chi connectivity index (χ1v) is 7.37. The molecule has 0 fully saturated rings. The quantitative estimate of drug-likeness (QED) is 0.795. The van der Waals surface area contributed by atoms with E-state index in [0.717, 1.165) is 40.0 Å². The molecule has 4 heteroatoms. The van der Waals surface area contributed by atoms with Crippen LogP contribution in [0.5, 0.6) is 0 Å². The van der Waals surface area contributed by atoms with Crippen LogP contribution in [0.25, 0.3) is 10.6 Å².